The molecule has 0 aromatic carbocycles. The van der Waals surface area contributed by atoms with Crippen molar-refractivity contribution in [2.75, 3.05) is 0 Å². The van der Waals surface area contributed by atoms with Crippen molar-refractivity contribution in [3.8, 4) is 0 Å². The summed E-state index contributed by atoms with van der Waals surface area (Å²) in [4.78, 5) is 4.48. The largest absolute Gasteiger partial charge is 0.393 e. The molecule has 0 aliphatic rings. The average Bonchev–Trinajstić information content (AvgIpc) is 2.53. The third-order valence-electron chi connectivity index (χ3n) is 2.27. The fourth-order valence-electron chi connectivity index (χ4n) is 1.38. The predicted molar refractivity (Wildman–Crippen MR) is 56.2 cm³/mol. The Bertz CT molecular complexity index is 257. The standard InChI is InChI=1S/C10H17NOS/c1-4-8-6-13-10(11-8)9(5-2)7(3)12/h6-7,9,12H,4-5H2,1-3H3. The van der Waals surface area contributed by atoms with Crippen LogP contribution in [0.4, 0.5) is 0 Å². The second kappa shape index (κ2) is 4.72. The highest BCUT2D eigenvalue weighted by molar-refractivity contribution is 7.09. The maximum Gasteiger partial charge on any atom is 0.0984 e. The highest BCUT2D eigenvalue weighted by Gasteiger charge is 2.18. The van der Waals surface area contributed by atoms with E-state index in [1.165, 1.54) is 0 Å². The molecule has 3 heteroatoms. The minimum Gasteiger partial charge on any atom is -0.393 e. The Morgan fingerprint density at radius 2 is 2.23 bits per heavy atom. The van der Waals surface area contributed by atoms with E-state index in [1.807, 2.05) is 6.92 Å². The Morgan fingerprint density at radius 3 is 2.62 bits per heavy atom. The van der Waals surface area contributed by atoms with Crippen LogP contribution in [0.15, 0.2) is 5.38 Å². The van der Waals surface area contributed by atoms with Gasteiger partial charge in [-0.25, -0.2) is 4.98 Å². The molecule has 2 unspecified atom stereocenters. The molecule has 0 amide bonds. The van der Waals surface area contributed by atoms with E-state index < -0.39 is 0 Å². The highest BCUT2D eigenvalue weighted by atomic mass is 32.1. The van der Waals surface area contributed by atoms with Gasteiger partial charge in [0.2, 0.25) is 0 Å². The van der Waals surface area contributed by atoms with Crippen LogP contribution in [0.1, 0.15) is 43.8 Å². The van der Waals surface area contributed by atoms with Crippen LogP contribution < -0.4 is 0 Å². The van der Waals surface area contributed by atoms with Crippen molar-refractivity contribution in [2.24, 2.45) is 0 Å². The maximum atomic E-state index is 9.51. The second-order valence-electron chi connectivity index (χ2n) is 3.29. The van der Waals surface area contributed by atoms with Crippen molar-refractivity contribution in [1.82, 2.24) is 4.98 Å². The lowest BCUT2D eigenvalue weighted by atomic mass is 10.0. The molecule has 0 saturated carbocycles. The smallest absolute Gasteiger partial charge is 0.0984 e. The van der Waals surface area contributed by atoms with Gasteiger partial charge in [-0.1, -0.05) is 13.8 Å². The van der Waals surface area contributed by atoms with Crippen molar-refractivity contribution < 1.29 is 5.11 Å². The summed E-state index contributed by atoms with van der Waals surface area (Å²) in [7, 11) is 0. The predicted octanol–water partition coefficient (Wildman–Crippen LogP) is 2.58. The molecule has 0 aliphatic carbocycles. The van der Waals surface area contributed by atoms with Crippen molar-refractivity contribution in [3.05, 3.63) is 16.1 Å². The quantitative estimate of drug-likeness (QED) is 0.808. The van der Waals surface area contributed by atoms with Crippen LogP contribution >= 0.6 is 11.3 Å². The summed E-state index contributed by atoms with van der Waals surface area (Å²) in [5.74, 6) is 0.213. The van der Waals surface area contributed by atoms with Crippen molar-refractivity contribution >= 4 is 11.3 Å². The Morgan fingerprint density at radius 1 is 1.54 bits per heavy atom. The Labute approximate surface area is 83.6 Å². The Balaban J connectivity index is 2.79. The molecule has 0 fully saturated rings. The first kappa shape index (κ1) is 10.7. The van der Waals surface area contributed by atoms with Crippen molar-refractivity contribution in [1.29, 1.82) is 0 Å². The summed E-state index contributed by atoms with van der Waals surface area (Å²) in [6.45, 7) is 6.02. The van der Waals surface area contributed by atoms with Crippen LogP contribution in [-0.2, 0) is 6.42 Å². The average molecular weight is 199 g/mol. The van der Waals surface area contributed by atoms with Crippen molar-refractivity contribution in [2.45, 2.75) is 45.6 Å². The van der Waals surface area contributed by atoms with Gasteiger partial charge in [-0.05, 0) is 19.8 Å². The number of thiazole rings is 1. The van der Waals surface area contributed by atoms with E-state index in [0.29, 0.717) is 0 Å². The molecular weight excluding hydrogens is 182 g/mol. The first-order valence-corrected chi connectivity index (χ1v) is 5.69. The Hall–Kier alpha value is -0.410. The molecule has 13 heavy (non-hydrogen) atoms. The normalized spacial score (nSPS) is 15.7. The minimum absolute atomic E-state index is 0.213. The summed E-state index contributed by atoms with van der Waals surface area (Å²) in [6, 6.07) is 0. The summed E-state index contributed by atoms with van der Waals surface area (Å²) >= 11 is 1.66. The third kappa shape index (κ3) is 2.51. The third-order valence-corrected chi connectivity index (χ3v) is 3.30. The molecule has 1 aromatic rings. The van der Waals surface area contributed by atoms with E-state index in [4.69, 9.17) is 0 Å². The molecule has 1 N–H and O–H groups in total. The van der Waals surface area contributed by atoms with E-state index >= 15 is 0 Å². The van der Waals surface area contributed by atoms with E-state index in [2.05, 4.69) is 24.2 Å². The van der Waals surface area contributed by atoms with Gasteiger partial charge in [0.05, 0.1) is 16.8 Å². The van der Waals surface area contributed by atoms with Crippen LogP contribution in [0.25, 0.3) is 0 Å². The number of rotatable bonds is 4. The highest BCUT2D eigenvalue weighted by Crippen LogP contribution is 2.26. The van der Waals surface area contributed by atoms with E-state index in [-0.39, 0.29) is 12.0 Å². The summed E-state index contributed by atoms with van der Waals surface area (Å²) < 4.78 is 0. The maximum absolute atomic E-state index is 9.51. The number of hydrogen-bond acceptors (Lipinski definition) is 3. The topological polar surface area (TPSA) is 33.1 Å². The Kier molecular flexibility index (Phi) is 3.88. The van der Waals surface area contributed by atoms with Gasteiger partial charge in [0.15, 0.2) is 0 Å². The SMILES string of the molecule is CCc1csc(C(CC)C(C)O)n1. The molecule has 0 bridgehead atoms. The number of aryl methyl sites for hydroxylation is 1. The zero-order valence-corrected chi connectivity index (χ0v) is 9.27. The zero-order chi connectivity index (χ0) is 9.84. The number of aliphatic hydroxyl groups is 1. The van der Waals surface area contributed by atoms with Crippen molar-refractivity contribution in [3.63, 3.8) is 0 Å². The minimum atomic E-state index is -0.291. The number of hydrogen-bond donors (Lipinski definition) is 1. The number of aromatic nitrogens is 1. The monoisotopic (exact) mass is 199 g/mol. The summed E-state index contributed by atoms with van der Waals surface area (Å²) in [5.41, 5.74) is 1.14. The van der Waals surface area contributed by atoms with Gasteiger partial charge >= 0.3 is 0 Å². The van der Waals surface area contributed by atoms with E-state index in [0.717, 1.165) is 23.5 Å². The van der Waals surface area contributed by atoms with Gasteiger partial charge in [0.25, 0.3) is 0 Å². The molecule has 1 heterocycles. The van der Waals surface area contributed by atoms with Gasteiger partial charge in [-0.15, -0.1) is 11.3 Å². The molecule has 1 rings (SSSR count). The zero-order valence-electron chi connectivity index (χ0n) is 8.45. The lowest BCUT2D eigenvalue weighted by Crippen LogP contribution is -2.13. The molecule has 2 atom stereocenters. The van der Waals surface area contributed by atoms with Crippen LogP contribution in [0.2, 0.25) is 0 Å². The molecule has 0 spiro atoms. The first-order valence-electron chi connectivity index (χ1n) is 4.81. The van der Waals surface area contributed by atoms with Crippen LogP contribution in [0.3, 0.4) is 0 Å². The van der Waals surface area contributed by atoms with Crippen LogP contribution in [-0.4, -0.2) is 16.2 Å². The van der Waals surface area contributed by atoms with Gasteiger partial charge in [0.1, 0.15) is 0 Å². The fourth-order valence-corrected chi connectivity index (χ4v) is 2.56. The van der Waals surface area contributed by atoms with Crippen LogP contribution in [0.5, 0.6) is 0 Å². The van der Waals surface area contributed by atoms with E-state index in [1.54, 1.807) is 11.3 Å². The first-order chi connectivity index (χ1) is 6.19. The molecule has 74 valence electrons. The van der Waals surface area contributed by atoms with Crippen LogP contribution in [0, 0.1) is 0 Å². The summed E-state index contributed by atoms with van der Waals surface area (Å²) in [5, 5.41) is 12.7. The van der Waals surface area contributed by atoms with E-state index in [9.17, 15) is 5.11 Å². The van der Waals surface area contributed by atoms with Gasteiger partial charge in [-0.3, -0.25) is 0 Å². The lowest BCUT2D eigenvalue weighted by molar-refractivity contribution is 0.159. The molecule has 0 radical (unpaired) electrons. The molecule has 0 aliphatic heterocycles. The second-order valence-corrected chi connectivity index (χ2v) is 4.18. The summed E-state index contributed by atoms with van der Waals surface area (Å²) in [6.07, 6.45) is 1.64. The molecule has 1 aromatic heterocycles. The molecular formula is C10H17NOS. The molecule has 2 nitrogen and oxygen atoms in total. The number of aliphatic hydroxyl groups excluding tert-OH is 1. The van der Waals surface area contributed by atoms with Gasteiger partial charge in [-0.2, -0.15) is 0 Å². The van der Waals surface area contributed by atoms with Gasteiger partial charge in [0, 0.05) is 11.3 Å². The lowest BCUT2D eigenvalue weighted by Gasteiger charge is -2.14. The molecule has 0 saturated heterocycles. The fraction of sp³-hybridized carbons (Fsp3) is 0.700. The number of nitrogens with zero attached hydrogens (tertiary/aromatic N) is 1. The van der Waals surface area contributed by atoms with Gasteiger partial charge < -0.3 is 5.11 Å².